The van der Waals surface area contributed by atoms with Gasteiger partial charge in [0.2, 0.25) is 0 Å². The van der Waals surface area contributed by atoms with E-state index in [0.717, 1.165) is 24.8 Å². The van der Waals surface area contributed by atoms with E-state index in [0.29, 0.717) is 5.78 Å². The van der Waals surface area contributed by atoms with Crippen LogP contribution in [-0.2, 0) is 12.8 Å². The van der Waals surface area contributed by atoms with Gasteiger partial charge >= 0.3 is 0 Å². The lowest BCUT2D eigenvalue weighted by Crippen LogP contribution is -1.95. The molecule has 0 N–H and O–H groups in total. The molecule has 1 aromatic rings. The van der Waals surface area contributed by atoms with E-state index >= 15 is 0 Å². The number of benzene rings is 1. The first-order chi connectivity index (χ1) is 6.83. The van der Waals surface area contributed by atoms with Gasteiger partial charge in [0, 0.05) is 12.0 Å². The zero-order valence-electron chi connectivity index (χ0n) is 8.68. The third-order valence-corrected chi connectivity index (χ3v) is 2.98. The summed E-state index contributed by atoms with van der Waals surface area (Å²) in [6.07, 6.45) is 5.27. The Labute approximate surface area is 85.1 Å². The van der Waals surface area contributed by atoms with Crippen molar-refractivity contribution in [3.63, 3.8) is 0 Å². The molecule has 1 aliphatic rings. The standard InChI is InChI=1S/C13H16O/c1-2-3-5-10-6-4-7-12-11(10)8-9-13(12)14/h4,6-7H,2-3,5,8-9H2,1H3. The molecule has 0 amide bonds. The van der Waals surface area contributed by atoms with Crippen LogP contribution in [0.1, 0.15) is 47.7 Å². The molecular weight excluding hydrogens is 172 g/mol. The summed E-state index contributed by atoms with van der Waals surface area (Å²) < 4.78 is 0. The van der Waals surface area contributed by atoms with Gasteiger partial charge in [-0.15, -0.1) is 0 Å². The highest BCUT2D eigenvalue weighted by molar-refractivity contribution is 6.00. The minimum absolute atomic E-state index is 0.332. The van der Waals surface area contributed by atoms with Crippen LogP contribution in [0.4, 0.5) is 0 Å². The number of aryl methyl sites for hydroxylation is 1. The Morgan fingerprint density at radius 3 is 2.93 bits per heavy atom. The van der Waals surface area contributed by atoms with Crippen LogP contribution in [0, 0.1) is 0 Å². The van der Waals surface area contributed by atoms with E-state index in [9.17, 15) is 4.79 Å². The first-order valence-corrected chi connectivity index (χ1v) is 5.47. The molecule has 0 heterocycles. The summed E-state index contributed by atoms with van der Waals surface area (Å²) in [7, 11) is 0. The Bertz CT molecular complexity index is 352. The second-order valence-electron chi connectivity index (χ2n) is 3.97. The van der Waals surface area contributed by atoms with Gasteiger partial charge in [0.05, 0.1) is 0 Å². The van der Waals surface area contributed by atoms with E-state index in [-0.39, 0.29) is 0 Å². The summed E-state index contributed by atoms with van der Waals surface area (Å²) in [5.74, 6) is 0.332. The summed E-state index contributed by atoms with van der Waals surface area (Å²) in [5.41, 5.74) is 3.71. The molecule has 0 spiro atoms. The fourth-order valence-electron chi connectivity index (χ4n) is 2.17. The fraction of sp³-hybridized carbons (Fsp3) is 0.462. The Morgan fingerprint density at radius 1 is 1.29 bits per heavy atom. The Kier molecular flexibility index (Phi) is 2.67. The first-order valence-electron chi connectivity index (χ1n) is 5.47. The highest BCUT2D eigenvalue weighted by atomic mass is 16.1. The van der Waals surface area contributed by atoms with Crippen LogP contribution >= 0.6 is 0 Å². The van der Waals surface area contributed by atoms with E-state index in [1.807, 2.05) is 12.1 Å². The highest BCUT2D eigenvalue weighted by Crippen LogP contribution is 2.26. The van der Waals surface area contributed by atoms with E-state index in [2.05, 4.69) is 13.0 Å². The number of carbonyl (C=O) groups excluding carboxylic acids is 1. The van der Waals surface area contributed by atoms with Crippen molar-refractivity contribution in [2.45, 2.75) is 39.0 Å². The summed E-state index contributed by atoms with van der Waals surface area (Å²) >= 11 is 0. The number of unbranched alkanes of at least 4 members (excludes halogenated alkanes) is 1. The second-order valence-corrected chi connectivity index (χ2v) is 3.97. The Morgan fingerprint density at radius 2 is 2.14 bits per heavy atom. The molecule has 0 aliphatic heterocycles. The van der Waals surface area contributed by atoms with E-state index in [1.54, 1.807) is 0 Å². The van der Waals surface area contributed by atoms with Crippen molar-refractivity contribution in [3.8, 4) is 0 Å². The van der Waals surface area contributed by atoms with Crippen molar-refractivity contribution in [1.29, 1.82) is 0 Å². The predicted molar refractivity (Wildman–Crippen MR) is 57.7 cm³/mol. The van der Waals surface area contributed by atoms with Crippen molar-refractivity contribution in [2.24, 2.45) is 0 Å². The normalized spacial score (nSPS) is 14.5. The molecule has 1 aliphatic carbocycles. The van der Waals surface area contributed by atoms with Crippen LogP contribution in [0.3, 0.4) is 0 Å². The van der Waals surface area contributed by atoms with Crippen LogP contribution < -0.4 is 0 Å². The third-order valence-electron chi connectivity index (χ3n) is 2.98. The molecule has 2 rings (SSSR count). The van der Waals surface area contributed by atoms with E-state index in [4.69, 9.17) is 0 Å². The van der Waals surface area contributed by atoms with Gasteiger partial charge in [-0.3, -0.25) is 4.79 Å². The first kappa shape index (κ1) is 9.45. The number of Topliss-reactive ketones (excluding diaryl/α,β-unsaturated/α-hetero) is 1. The molecule has 14 heavy (non-hydrogen) atoms. The number of carbonyl (C=O) groups is 1. The Hall–Kier alpha value is -1.11. The molecule has 0 radical (unpaired) electrons. The van der Waals surface area contributed by atoms with Crippen molar-refractivity contribution in [3.05, 3.63) is 34.9 Å². The minimum Gasteiger partial charge on any atom is -0.294 e. The molecule has 0 unspecified atom stereocenters. The molecule has 0 aromatic heterocycles. The SMILES string of the molecule is CCCCc1cccc2c1CCC2=O. The molecular formula is C13H16O. The second kappa shape index (κ2) is 3.95. The number of rotatable bonds is 3. The smallest absolute Gasteiger partial charge is 0.163 e. The third kappa shape index (κ3) is 1.59. The highest BCUT2D eigenvalue weighted by Gasteiger charge is 2.20. The molecule has 1 aromatic carbocycles. The monoisotopic (exact) mass is 188 g/mol. The van der Waals surface area contributed by atoms with Crippen LogP contribution in [0.2, 0.25) is 0 Å². The molecule has 0 saturated carbocycles. The summed E-state index contributed by atoms with van der Waals surface area (Å²) in [6.45, 7) is 2.20. The number of ketones is 1. The topological polar surface area (TPSA) is 17.1 Å². The van der Waals surface area contributed by atoms with Gasteiger partial charge in [-0.25, -0.2) is 0 Å². The maximum atomic E-state index is 11.5. The van der Waals surface area contributed by atoms with Crippen molar-refractivity contribution < 1.29 is 4.79 Å². The number of hydrogen-bond donors (Lipinski definition) is 0. The van der Waals surface area contributed by atoms with Gasteiger partial charge in [-0.2, -0.15) is 0 Å². The summed E-state index contributed by atoms with van der Waals surface area (Å²) in [5, 5.41) is 0. The maximum Gasteiger partial charge on any atom is 0.163 e. The van der Waals surface area contributed by atoms with Crippen molar-refractivity contribution >= 4 is 5.78 Å². The fourth-order valence-corrected chi connectivity index (χ4v) is 2.17. The molecule has 74 valence electrons. The predicted octanol–water partition coefficient (Wildman–Crippen LogP) is 3.16. The van der Waals surface area contributed by atoms with Crippen LogP contribution in [-0.4, -0.2) is 5.78 Å². The van der Waals surface area contributed by atoms with E-state index in [1.165, 1.54) is 24.0 Å². The zero-order valence-corrected chi connectivity index (χ0v) is 8.68. The lowest BCUT2D eigenvalue weighted by molar-refractivity contribution is 0.0994. The lowest BCUT2D eigenvalue weighted by Gasteiger charge is -2.06. The van der Waals surface area contributed by atoms with Gasteiger partial charge < -0.3 is 0 Å². The quantitative estimate of drug-likeness (QED) is 0.712. The van der Waals surface area contributed by atoms with Crippen molar-refractivity contribution in [1.82, 2.24) is 0 Å². The largest absolute Gasteiger partial charge is 0.294 e. The molecule has 0 atom stereocenters. The van der Waals surface area contributed by atoms with Crippen LogP contribution in [0.15, 0.2) is 18.2 Å². The van der Waals surface area contributed by atoms with Crippen LogP contribution in [0.25, 0.3) is 0 Å². The Balaban J connectivity index is 2.29. The van der Waals surface area contributed by atoms with Crippen molar-refractivity contribution in [2.75, 3.05) is 0 Å². The average Bonchev–Trinajstić information content (AvgIpc) is 2.58. The number of fused-ring (bicyclic) bond motifs is 1. The number of hydrogen-bond acceptors (Lipinski definition) is 1. The van der Waals surface area contributed by atoms with Gasteiger partial charge in [0.15, 0.2) is 5.78 Å². The van der Waals surface area contributed by atoms with Gasteiger partial charge in [-0.1, -0.05) is 31.5 Å². The zero-order chi connectivity index (χ0) is 9.97. The van der Waals surface area contributed by atoms with E-state index < -0.39 is 0 Å². The molecule has 1 nitrogen and oxygen atoms in total. The maximum absolute atomic E-state index is 11.5. The van der Waals surface area contributed by atoms with Gasteiger partial charge in [-0.05, 0) is 30.4 Å². The molecule has 0 bridgehead atoms. The van der Waals surface area contributed by atoms with Gasteiger partial charge in [0.25, 0.3) is 0 Å². The molecule has 0 saturated heterocycles. The average molecular weight is 188 g/mol. The van der Waals surface area contributed by atoms with Crippen LogP contribution in [0.5, 0.6) is 0 Å². The van der Waals surface area contributed by atoms with Gasteiger partial charge in [0.1, 0.15) is 0 Å². The molecule has 1 heteroatoms. The summed E-state index contributed by atoms with van der Waals surface area (Å²) in [6, 6.07) is 6.17. The molecule has 0 fully saturated rings. The minimum atomic E-state index is 0.332. The summed E-state index contributed by atoms with van der Waals surface area (Å²) in [4.78, 5) is 11.5. The lowest BCUT2D eigenvalue weighted by atomic mass is 9.99.